The third kappa shape index (κ3) is 3.21. The first-order valence-electron chi connectivity index (χ1n) is 7.90. The summed E-state index contributed by atoms with van der Waals surface area (Å²) in [6.45, 7) is 1.38. The van der Waals surface area contributed by atoms with Crippen molar-refractivity contribution in [2.45, 2.75) is 25.7 Å². The van der Waals surface area contributed by atoms with E-state index in [4.69, 9.17) is 4.74 Å². The first-order chi connectivity index (χ1) is 10.3. The lowest BCUT2D eigenvalue weighted by Gasteiger charge is -2.21. The fourth-order valence-corrected chi connectivity index (χ4v) is 3.83. The molecule has 4 nitrogen and oxygen atoms in total. The van der Waals surface area contributed by atoms with Gasteiger partial charge in [0.15, 0.2) is 0 Å². The Bertz CT molecular complexity index is 503. The molecule has 0 spiro atoms. The second-order valence-electron chi connectivity index (χ2n) is 6.24. The van der Waals surface area contributed by atoms with E-state index in [2.05, 4.69) is 10.6 Å². The number of anilines is 2. The predicted octanol–water partition coefficient (Wildman–Crippen LogP) is 3.12. The van der Waals surface area contributed by atoms with Crippen molar-refractivity contribution in [1.82, 2.24) is 0 Å². The minimum Gasteiger partial charge on any atom is -0.383 e. The van der Waals surface area contributed by atoms with Crippen LogP contribution in [0.1, 0.15) is 25.7 Å². The highest BCUT2D eigenvalue weighted by molar-refractivity contribution is 5.96. The molecule has 21 heavy (non-hydrogen) atoms. The fraction of sp³-hybridized carbons (Fsp3) is 0.588. The van der Waals surface area contributed by atoms with Crippen molar-refractivity contribution < 1.29 is 9.53 Å². The van der Waals surface area contributed by atoms with Crippen LogP contribution in [0.4, 0.5) is 11.4 Å². The first-order valence-corrected chi connectivity index (χ1v) is 7.90. The zero-order valence-electron chi connectivity index (χ0n) is 12.6. The maximum Gasteiger partial charge on any atom is 0.227 e. The van der Waals surface area contributed by atoms with Gasteiger partial charge in [-0.3, -0.25) is 4.79 Å². The number of fused-ring (bicyclic) bond motifs is 2. The summed E-state index contributed by atoms with van der Waals surface area (Å²) in [4.78, 5) is 12.5. The number of hydrogen-bond acceptors (Lipinski definition) is 3. The van der Waals surface area contributed by atoms with Crippen LogP contribution in [-0.4, -0.2) is 26.2 Å². The number of amides is 1. The Labute approximate surface area is 126 Å². The van der Waals surface area contributed by atoms with Crippen molar-refractivity contribution >= 4 is 17.3 Å². The number of rotatable bonds is 6. The number of carbonyl (C=O) groups excluding carboxylic acids is 1. The minimum absolute atomic E-state index is 0.197. The van der Waals surface area contributed by atoms with E-state index in [0.29, 0.717) is 12.5 Å². The lowest BCUT2D eigenvalue weighted by molar-refractivity contribution is -0.121. The Morgan fingerprint density at radius 3 is 2.71 bits per heavy atom. The molecule has 3 atom stereocenters. The molecular weight excluding hydrogens is 264 g/mol. The molecule has 3 rings (SSSR count). The number of methoxy groups -OCH3 is 1. The van der Waals surface area contributed by atoms with E-state index < -0.39 is 0 Å². The molecule has 1 amide bonds. The monoisotopic (exact) mass is 288 g/mol. The van der Waals surface area contributed by atoms with Gasteiger partial charge in [-0.25, -0.2) is 0 Å². The summed E-state index contributed by atoms with van der Waals surface area (Å²) in [5, 5.41) is 6.43. The zero-order chi connectivity index (χ0) is 14.7. The number of carbonyl (C=O) groups is 1. The van der Waals surface area contributed by atoms with Gasteiger partial charge in [0.2, 0.25) is 5.91 Å². The Balaban J connectivity index is 1.62. The zero-order valence-corrected chi connectivity index (χ0v) is 12.6. The molecule has 4 heteroatoms. The van der Waals surface area contributed by atoms with Gasteiger partial charge < -0.3 is 15.4 Å². The third-order valence-corrected chi connectivity index (χ3v) is 4.88. The summed E-state index contributed by atoms with van der Waals surface area (Å²) in [6.07, 6.45) is 4.89. The Morgan fingerprint density at radius 1 is 1.24 bits per heavy atom. The van der Waals surface area contributed by atoms with Crippen molar-refractivity contribution in [3.05, 3.63) is 24.3 Å². The summed E-state index contributed by atoms with van der Waals surface area (Å²) in [5.41, 5.74) is 1.84. The van der Waals surface area contributed by atoms with E-state index in [0.717, 1.165) is 30.3 Å². The first kappa shape index (κ1) is 14.4. The normalized spacial score (nSPS) is 26.8. The third-order valence-electron chi connectivity index (χ3n) is 4.88. The van der Waals surface area contributed by atoms with Gasteiger partial charge in [-0.15, -0.1) is 0 Å². The highest BCUT2D eigenvalue weighted by Crippen LogP contribution is 2.48. The minimum atomic E-state index is 0.197. The largest absolute Gasteiger partial charge is 0.383 e. The van der Waals surface area contributed by atoms with Crippen LogP contribution < -0.4 is 10.6 Å². The van der Waals surface area contributed by atoms with Gasteiger partial charge in [0.25, 0.3) is 0 Å². The molecule has 0 saturated heterocycles. The van der Waals surface area contributed by atoms with Crippen molar-refractivity contribution in [3.63, 3.8) is 0 Å². The highest BCUT2D eigenvalue weighted by Gasteiger charge is 2.43. The second-order valence-corrected chi connectivity index (χ2v) is 6.24. The molecule has 2 aliphatic rings. The Morgan fingerprint density at radius 2 is 2.05 bits per heavy atom. The average Bonchev–Trinajstić information content (AvgIpc) is 3.12. The van der Waals surface area contributed by atoms with Gasteiger partial charge in [0, 0.05) is 19.6 Å². The average molecular weight is 288 g/mol. The SMILES string of the molecule is COCCNc1ccccc1NC(=O)C1CC2CCC1C2. The molecule has 1 aromatic carbocycles. The summed E-state index contributed by atoms with van der Waals surface area (Å²) >= 11 is 0. The van der Waals surface area contributed by atoms with Crippen LogP contribution in [0.15, 0.2) is 24.3 Å². The number of benzene rings is 1. The lowest BCUT2D eigenvalue weighted by atomic mass is 9.88. The molecule has 0 aliphatic heterocycles. The van der Waals surface area contributed by atoms with E-state index in [9.17, 15) is 4.79 Å². The summed E-state index contributed by atoms with van der Waals surface area (Å²) < 4.78 is 5.05. The van der Waals surface area contributed by atoms with Gasteiger partial charge in [0.05, 0.1) is 18.0 Å². The van der Waals surface area contributed by atoms with Gasteiger partial charge in [-0.05, 0) is 43.2 Å². The van der Waals surface area contributed by atoms with Crippen LogP contribution in [0, 0.1) is 17.8 Å². The molecule has 2 saturated carbocycles. The van der Waals surface area contributed by atoms with Crippen LogP contribution in [0.3, 0.4) is 0 Å². The van der Waals surface area contributed by atoms with Crippen LogP contribution in [0.5, 0.6) is 0 Å². The van der Waals surface area contributed by atoms with E-state index in [1.54, 1.807) is 7.11 Å². The molecule has 2 fully saturated rings. The second kappa shape index (κ2) is 6.48. The van der Waals surface area contributed by atoms with Crippen LogP contribution in [0.2, 0.25) is 0 Å². The number of hydrogen-bond donors (Lipinski definition) is 2. The molecule has 2 bridgehead atoms. The summed E-state index contributed by atoms with van der Waals surface area (Å²) in [7, 11) is 1.69. The van der Waals surface area contributed by atoms with Crippen molar-refractivity contribution in [1.29, 1.82) is 0 Å². The maximum atomic E-state index is 12.5. The van der Waals surface area contributed by atoms with E-state index in [-0.39, 0.29) is 11.8 Å². The highest BCUT2D eigenvalue weighted by atomic mass is 16.5. The molecule has 3 unspecified atom stereocenters. The van der Waals surface area contributed by atoms with Crippen molar-refractivity contribution in [3.8, 4) is 0 Å². The Hall–Kier alpha value is -1.55. The molecule has 0 radical (unpaired) electrons. The van der Waals surface area contributed by atoms with Gasteiger partial charge in [-0.2, -0.15) is 0 Å². The molecule has 2 aliphatic carbocycles. The number of ether oxygens (including phenoxy) is 1. The van der Waals surface area contributed by atoms with Crippen molar-refractivity contribution in [2.75, 3.05) is 30.9 Å². The van der Waals surface area contributed by atoms with Gasteiger partial charge in [0.1, 0.15) is 0 Å². The van der Waals surface area contributed by atoms with E-state index in [1.165, 1.54) is 19.3 Å². The molecule has 2 N–H and O–H groups in total. The predicted molar refractivity (Wildman–Crippen MR) is 84.4 cm³/mol. The molecule has 0 heterocycles. The Kier molecular flexibility index (Phi) is 4.44. The maximum absolute atomic E-state index is 12.5. The van der Waals surface area contributed by atoms with Crippen LogP contribution in [-0.2, 0) is 9.53 Å². The molecule has 114 valence electrons. The van der Waals surface area contributed by atoms with Gasteiger partial charge >= 0.3 is 0 Å². The van der Waals surface area contributed by atoms with E-state index >= 15 is 0 Å². The van der Waals surface area contributed by atoms with Crippen LogP contribution >= 0.6 is 0 Å². The molecule has 0 aromatic heterocycles. The molecule has 1 aromatic rings. The smallest absolute Gasteiger partial charge is 0.227 e. The number of para-hydroxylation sites is 2. The fourth-order valence-electron chi connectivity index (χ4n) is 3.83. The lowest BCUT2D eigenvalue weighted by Crippen LogP contribution is -2.27. The van der Waals surface area contributed by atoms with Gasteiger partial charge in [-0.1, -0.05) is 18.6 Å². The topological polar surface area (TPSA) is 50.4 Å². The number of nitrogens with one attached hydrogen (secondary N) is 2. The quantitative estimate of drug-likeness (QED) is 0.791. The standard InChI is InChI=1S/C17H24N2O2/c1-21-9-8-18-15-4-2-3-5-16(15)19-17(20)14-11-12-6-7-13(14)10-12/h2-5,12-14,18H,6-11H2,1H3,(H,19,20). The summed E-state index contributed by atoms with van der Waals surface area (Å²) in [5.74, 6) is 1.82. The van der Waals surface area contributed by atoms with E-state index in [1.807, 2.05) is 24.3 Å². The van der Waals surface area contributed by atoms with Crippen molar-refractivity contribution in [2.24, 2.45) is 17.8 Å². The molecular formula is C17H24N2O2. The van der Waals surface area contributed by atoms with Crippen LogP contribution in [0.25, 0.3) is 0 Å². The summed E-state index contributed by atoms with van der Waals surface area (Å²) in [6, 6.07) is 7.88.